The molecule has 1 heterocycles. The second-order valence-corrected chi connectivity index (χ2v) is 10.4. The van der Waals surface area contributed by atoms with Gasteiger partial charge in [0.2, 0.25) is 10.0 Å². The van der Waals surface area contributed by atoms with E-state index in [1.807, 2.05) is 29.7 Å². The first kappa shape index (κ1) is 24.6. The van der Waals surface area contributed by atoms with Crippen molar-refractivity contribution < 1.29 is 8.42 Å². The molecule has 0 amide bonds. The van der Waals surface area contributed by atoms with Crippen LogP contribution in [0.15, 0.2) is 64.6 Å². The second kappa shape index (κ2) is 11.2. The maximum Gasteiger partial charge on any atom is 0.241 e. The lowest BCUT2D eigenvalue weighted by atomic mass is 10.3. The van der Waals surface area contributed by atoms with Gasteiger partial charge in [0.25, 0.3) is 0 Å². The molecule has 3 aromatic rings. The highest BCUT2D eigenvalue weighted by Gasteiger charge is 2.23. The van der Waals surface area contributed by atoms with Gasteiger partial charge in [0.1, 0.15) is 0 Å². The lowest BCUT2D eigenvalue weighted by Crippen LogP contribution is -2.29. The molecule has 0 unspecified atom stereocenters. The van der Waals surface area contributed by atoms with E-state index in [9.17, 15) is 8.42 Å². The number of hydrogen-bond donors (Lipinski definition) is 1. The van der Waals surface area contributed by atoms with Gasteiger partial charge in [-0.25, -0.2) is 13.1 Å². The molecular formula is C22H28ClN5O2S2. The van der Waals surface area contributed by atoms with E-state index in [2.05, 4.69) is 38.9 Å². The fourth-order valence-corrected chi connectivity index (χ4v) is 5.65. The summed E-state index contributed by atoms with van der Waals surface area (Å²) >= 11 is 7.49. The Bertz CT molecular complexity index is 1110. The van der Waals surface area contributed by atoms with E-state index in [-0.39, 0.29) is 4.90 Å². The molecule has 0 saturated carbocycles. The van der Waals surface area contributed by atoms with E-state index in [0.717, 1.165) is 24.0 Å². The summed E-state index contributed by atoms with van der Waals surface area (Å²) < 4.78 is 30.1. The van der Waals surface area contributed by atoms with Crippen LogP contribution in [0, 0.1) is 0 Å². The second-order valence-electron chi connectivity index (χ2n) is 7.15. The number of hydrogen-bond acceptors (Lipinski definition) is 6. The number of halogens is 1. The predicted octanol–water partition coefficient (Wildman–Crippen LogP) is 4.61. The molecule has 0 spiro atoms. The Morgan fingerprint density at radius 1 is 1.09 bits per heavy atom. The summed E-state index contributed by atoms with van der Waals surface area (Å²) in [6, 6.07) is 15.8. The molecule has 0 bridgehead atoms. The smallest absolute Gasteiger partial charge is 0.241 e. The van der Waals surface area contributed by atoms with Crippen molar-refractivity contribution in [3.05, 3.63) is 65.4 Å². The molecule has 0 aliphatic rings. The van der Waals surface area contributed by atoms with Crippen molar-refractivity contribution in [2.75, 3.05) is 23.7 Å². The Labute approximate surface area is 199 Å². The van der Waals surface area contributed by atoms with Gasteiger partial charge in [0, 0.05) is 36.1 Å². The fourth-order valence-electron chi connectivity index (χ4n) is 3.35. The number of benzene rings is 2. The van der Waals surface area contributed by atoms with Crippen LogP contribution in [0.3, 0.4) is 0 Å². The molecule has 7 nitrogen and oxygen atoms in total. The normalized spacial score (nSPS) is 12.6. The van der Waals surface area contributed by atoms with Crippen LogP contribution in [0.25, 0.3) is 0 Å². The SMILES string of the molecule is CCN(CCSc1nnc([C@@H](C)NS(=O)(=O)c2ccc(Cl)cc2)n1CC)c1ccccc1. The van der Waals surface area contributed by atoms with Crippen molar-refractivity contribution in [1.29, 1.82) is 0 Å². The summed E-state index contributed by atoms with van der Waals surface area (Å²) in [5.74, 6) is 1.43. The van der Waals surface area contributed by atoms with Gasteiger partial charge in [-0.05, 0) is 57.2 Å². The van der Waals surface area contributed by atoms with Crippen LogP contribution < -0.4 is 9.62 Å². The Morgan fingerprint density at radius 2 is 1.78 bits per heavy atom. The minimum absolute atomic E-state index is 0.159. The summed E-state index contributed by atoms with van der Waals surface area (Å²) in [6.45, 7) is 8.34. The summed E-state index contributed by atoms with van der Waals surface area (Å²) in [6.07, 6.45) is 0. The third-order valence-corrected chi connectivity index (χ3v) is 7.76. The summed E-state index contributed by atoms with van der Waals surface area (Å²) in [5, 5.41) is 9.87. The Morgan fingerprint density at radius 3 is 2.41 bits per heavy atom. The van der Waals surface area contributed by atoms with Crippen LogP contribution in [0.2, 0.25) is 5.02 Å². The van der Waals surface area contributed by atoms with Gasteiger partial charge in [0.05, 0.1) is 10.9 Å². The van der Waals surface area contributed by atoms with Crippen molar-refractivity contribution in [3.63, 3.8) is 0 Å². The predicted molar refractivity (Wildman–Crippen MR) is 131 cm³/mol. The molecule has 172 valence electrons. The Kier molecular flexibility index (Phi) is 8.58. The van der Waals surface area contributed by atoms with Crippen molar-refractivity contribution in [3.8, 4) is 0 Å². The molecule has 32 heavy (non-hydrogen) atoms. The van der Waals surface area contributed by atoms with E-state index in [1.165, 1.54) is 17.8 Å². The number of thioether (sulfide) groups is 1. The van der Waals surface area contributed by atoms with Crippen molar-refractivity contribution in [1.82, 2.24) is 19.5 Å². The minimum atomic E-state index is -3.71. The number of aromatic nitrogens is 3. The zero-order valence-corrected chi connectivity index (χ0v) is 20.8. The lowest BCUT2D eigenvalue weighted by Gasteiger charge is -2.22. The van der Waals surface area contributed by atoms with Crippen molar-refractivity contribution >= 4 is 39.1 Å². The van der Waals surface area contributed by atoms with E-state index >= 15 is 0 Å². The molecule has 1 N–H and O–H groups in total. The molecule has 0 aliphatic carbocycles. The maximum absolute atomic E-state index is 12.7. The van der Waals surface area contributed by atoms with Crippen molar-refractivity contribution in [2.45, 2.75) is 43.4 Å². The molecule has 0 saturated heterocycles. The van der Waals surface area contributed by atoms with Crippen LogP contribution in [-0.4, -0.2) is 42.0 Å². The third-order valence-electron chi connectivity index (χ3n) is 5.00. The summed E-state index contributed by atoms with van der Waals surface area (Å²) in [5.41, 5.74) is 1.19. The van der Waals surface area contributed by atoms with Crippen molar-refractivity contribution in [2.24, 2.45) is 0 Å². The van der Waals surface area contributed by atoms with E-state index in [0.29, 0.717) is 17.4 Å². The van der Waals surface area contributed by atoms with Gasteiger partial charge in [0.15, 0.2) is 11.0 Å². The highest BCUT2D eigenvalue weighted by atomic mass is 35.5. The maximum atomic E-state index is 12.7. The zero-order chi connectivity index (χ0) is 23.1. The van der Waals surface area contributed by atoms with E-state index in [4.69, 9.17) is 11.6 Å². The van der Waals surface area contributed by atoms with Crippen LogP contribution in [-0.2, 0) is 16.6 Å². The molecule has 1 aromatic heterocycles. The average Bonchev–Trinajstić information content (AvgIpc) is 3.20. The molecule has 2 aromatic carbocycles. The molecular weight excluding hydrogens is 466 g/mol. The number of para-hydroxylation sites is 1. The fraction of sp³-hybridized carbons (Fsp3) is 0.364. The van der Waals surface area contributed by atoms with Crippen LogP contribution in [0.5, 0.6) is 0 Å². The first-order valence-corrected chi connectivity index (χ1v) is 13.3. The van der Waals surface area contributed by atoms with Crippen LogP contribution in [0.4, 0.5) is 5.69 Å². The molecule has 3 rings (SSSR count). The van der Waals surface area contributed by atoms with Gasteiger partial charge < -0.3 is 9.47 Å². The topological polar surface area (TPSA) is 80.1 Å². The monoisotopic (exact) mass is 493 g/mol. The highest BCUT2D eigenvalue weighted by molar-refractivity contribution is 7.99. The quantitative estimate of drug-likeness (QED) is 0.393. The van der Waals surface area contributed by atoms with Gasteiger partial charge in [-0.2, -0.15) is 0 Å². The molecule has 1 atom stereocenters. The lowest BCUT2D eigenvalue weighted by molar-refractivity contribution is 0.539. The van der Waals surface area contributed by atoms with Gasteiger partial charge >= 0.3 is 0 Å². The summed E-state index contributed by atoms with van der Waals surface area (Å²) in [4.78, 5) is 2.47. The average molecular weight is 494 g/mol. The Hall–Kier alpha value is -2.07. The van der Waals surface area contributed by atoms with E-state index < -0.39 is 16.1 Å². The first-order valence-electron chi connectivity index (χ1n) is 10.5. The largest absolute Gasteiger partial charge is 0.371 e. The standard InChI is InChI=1S/C22H28ClN5O2S2/c1-4-27(19-9-7-6-8-10-19)15-16-31-22-25-24-21(28(22)5-2)17(3)26-32(29,30)20-13-11-18(23)12-14-20/h6-14,17,26H,4-5,15-16H2,1-3H3/t17-/m1/s1. The van der Waals surface area contributed by atoms with Crippen LogP contribution in [0.1, 0.15) is 32.6 Å². The van der Waals surface area contributed by atoms with Gasteiger partial charge in [-0.3, -0.25) is 0 Å². The van der Waals surface area contributed by atoms with Gasteiger partial charge in [-0.15, -0.1) is 10.2 Å². The molecule has 10 heteroatoms. The van der Waals surface area contributed by atoms with Gasteiger partial charge in [-0.1, -0.05) is 41.6 Å². The highest BCUT2D eigenvalue weighted by Crippen LogP contribution is 2.23. The number of nitrogens with zero attached hydrogens (tertiary/aromatic N) is 4. The number of anilines is 1. The Balaban J connectivity index is 1.66. The zero-order valence-electron chi connectivity index (χ0n) is 18.4. The molecule has 0 aliphatic heterocycles. The minimum Gasteiger partial charge on any atom is -0.371 e. The summed E-state index contributed by atoms with van der Waals surface area (Å²) in [7, 11) is -3.71. The first-order chi connectivity index (χ1) is 15.4. The van der Waals surface area contributed by atoms with Crippen LogP contribution >= 0.6 is 23.4 Å². The third kappa shape index (κ3) is 6.04. The molecule has 0 fully saturated rings. The number of nitrogens with one attached hydrogen (secondary N) is 1. The molecule has 0 radical (unpaired) electrons. The van der Waals surface area contributed by atoms with E-state index in [1.54, 1.807) is 30.8 Å². The number of sulfonamides is 1. The number of rotatable bonds is 11.